The van der Waals surface area contributed by atoms with Gasteiger partial charge in [-0.3, -0.25) is 4.99 Å². The Kier molecular flexibility index (Phi) is 3.14. The minimum absolute atomic E-state index is 0.110. The van der Waals surface area contributed by atoms with E-state index >= 15 is 0 Å². The molecule has 0 heterocycles. The zero-order chi connectivity index (χ0) is 9.68. The summed E-state index contributed by atoms with van der Waals surface area (Å²) in [5, 5.41) is 9.00. The quantitative estimate of drug-likeness (QED) is 0.457. The molecule has 1 rings (SSSR count). The first kappa shape index (κ1) is 9.38. The molecule has 0 aliphatic carbocycles. The van der Waals surface area contributed by atoms with Crippen molar-refractivity contribution in [1.82, 2.24) is 0 Å². The van der Waals surface area contributed by atoms with Gasteiger partial charge in [-0.2, -0.15) is 0 Å². The summed E-state index contributed by atoms with van der Waals surface area (Å²) < 4.78 is 0. The molecule has 13 heavy (non-hydrogen) atoms. The van der Waals surface area contributed by atoms with Gasteiger partial charge in [0.1, 0.15) is 5.75 Å². The highest BCUT2D eigenvalue weighted by molar-refractivity contribution is 5.75. The zero-order valence-corrected chi connectivity index (χ0v) is 7.27. The molecule has 0 saturated carbocycles. The van der Waals surface area contributed by atoms with Gasteiger partial charge in [0.25, 0.3) is 0 Å². The Morgan fingerprint density at radius 3 is 2.38 bits per heavy atom. The highest BCUT2D eigenvalue weighted by atomic mass is 16.3. The summed E-state index contributed by atoms with van der Waals surface area (Å²) in [6.45, 7) is 0.576. The van der Waals surface area contributed by atoms with Crippen LogP contribution in [0.5, 0.6) is 5.75 Å². The minimum Gasteiger partial charge on any atom is -0.508 e. The predicted molar refractivity (Wildman–Crippen MR) is 52.5 cm³/mol. The summed E-state index contributed by atoms with van der Waals surface area (Å²) in [5.41, 5.74) is 11.4. The smallest absolute Gasteiger partial charge is 0.185 e. The lowest BCUT2D eigenvalue weighted by Crippen LogP contribution is -2.23. The first-order valence-electron chi connectivity index (χ1n) is 4.02. The van der Waals surface area contributed by atoms with Crippen molar-refractivity contribution in [3.05, 3.63) is 29.8 Å². The molecule has 0 aliphatic rings. The Bertz CT molecular complexity index is 288. The summed E-state index contributed by atoms with van der Waals surface area (Å²) in [6.07, 6.45) is 0.776. The van der Waals surface area contributed by atoms with Crippen molar-refractivity contribution in [3.8, 4) is 5.75 Å². The van der Waals surface area contributed by atoms with Crippen molar-refractivity contribution in [3.63, 3.8) is 0 Å². The molecule has 5 N–H and O–H groups in total. The molecule has 0 aliphatic heterocycles. The number of aromatic hydroxyl groups is 1. The fourth-order valence-corrected chi connectivity index (χ4v) is 0.977. The van der Waals surface area contributed by atoms with Crippen LogP contribution in [0.25, 0.3) is 0 Å². The number of hydrogen-bond donors (Lipinski definition) is 3. The van der Waals surface area contributed by atoms with Gasteiger partial charge in [0.05, 0.1) is 0 Å². The first-order valence-corrected chi connectivity index (χ1v) is 4.02. The van der Waals surface area contributed by atoms with Gasteiger partial charge in [0.2, 0.25) is 0 Å². The molecule has 1 aromatic rings. The average Bonchev–Trinajstić information content (AvgIpc) is 2.08. The number of hydrogen-bond acceptors (Lipinski definition) is 2. The lowest BCUT2D eigenvalue weighted by atomic mass is 10.1. The summed E-state index contributed by atoms with van der Waals surface area (Å²) in [4.78, 5) is 3.85. The molecule has 0 amide bonds. The minimum atomic E-state index is 0.110. The maximum atomic E-state index is 9.00. The van der Waals surface area contributed by atoms with E-state index in [1.165, 1.54) is 0 Å². The third kappa shape index (κ3) is 3.46. The van der Waals surface area contributed by atoms with E-state index in [2.05, 4.69) is 4.99 Å². The largest absolute Gasteiger partial charge is 0.508 e. The Morgan fingerprint density at radius 2 is 1.85 bits per heavy atom. The van der Waals surface area contributed by atoms with Gasteiger partial charge in [-0.15, -0.1) is 0 Å². The van der Waals surface area contributed by atoms with Crippen LogP contribution in [0.4, 0.5) is 0 Å². The van der Waals surface area contributed by atoms with Gasteiger partial charge in [0.15, 0.2) is 5.96 Å². The number of phenols is 1. The van der Waals surface area contributed by atoms with E-state index in [-0.39, 0.29) is 11.7 Å². The second-order valence-electron chi connectivity index (χ2n) is 2.72. The number of phenolic OH excluding ortho intramolecular Hbond substituents is 1. The van der Waals surface area contributed by atoms with Crippen LogP contribution in [0.3, 0.4) is 0 Å². The summed E-state index contributed by atoms with van der Waals surface area (Å²) in [6, 6.07) is 6.98. The average molecular weight is 178 g/mol. The number of benzene rings is 1. The van der Waals surface area contributed by atoms with E-state index in [0.717, 1.165) is 12.0 Å². The van der Waals surface area contributed by atoms with Crippen LogP contribution >= 0.6 is 0 Å². The maximum absolute atomic E-state index is 9.00. The number of rotatable bonds is 3. The summed E-state index contributed by atoms with van der Waals surface area (Å²) in [5.74, 6) is 0.379. The number of nitrogens with two attached hydrogens (primary N) is 2. The third-order valence-electron chi connectivity index (χ3n) is 1.63. The molecule has 0 aromatic heterocycles. The summed E-state index contributed by atoms with van der Waals surface area (Å²) in [7, 11) is 0. The van der Waals surface area contributed by atoms with Gasteiger partial charge in [-0.25, -0.2) is 0 Å². The Labute approximate surface area is 76.9 Å². The van der Waals surface area contributed by atoms with Crippen LogP contribution in [-0.4, -0.2) is 17.6 Å². The fraction of sp³-hybridized carbons (Fsp3) is 0.222. The van der Waals surface area contributed by atoms with Crippen LogP contribution in [0.2, 0.25) is 0 Å². The van der Waals surface area contributed by atoms with Crippen molar-refractivity contribution in [2.75, 3.05) is 6.54 Å². The maximum Gasteiger partial charge on any atom is 0.185 e. The van der Waals surface area contributed by atoms with E-state index in [4.69, 9.17) is 16.6 Å². The molecule has 0 spiro atoms. The van der Waals surface area contributed by atoms with Gasteiger partial charge < -0.3 is 16.6 Å². The SMILES string of the molecule is N[11C](N)=NCCc1ccc(O)cc1. The fourth-order valence-electron chi connectivity index (χ4n) is 0.977. The highest BCUT2D eigenvalue weighted by Crippen LogP contribution is 2.09. The lowest BCUT2D eigenvalue weighted by molar-refractivity contribution is 0.475. The molecule has 0 fully saturated rings. The molecule has 0 radical (unpaired) electrons. The Morgan fingerprint density at radius 1 is 1.23 bits per heavy atom. The van der Waals surface area contributed by atoms with Gasteiger partial charge in [-0.1, -0.05) is 12.1 Å². The molecule has 0 bridgehead atoms. The summed E-state index contributed by atoms with van der Waals surface area (Å²) >= 11 is 0. The van der Waals surface area contributed by atoms with Gasteiger partial charge in [0, 0.05) is 6.54 Å². The van der Waals surface area contributed by atoms with Crippen LogP contribution in [0, 0.1) is 0 Å². The van der Waals surface area contributed by atoms with E-state index in [1.54, 1.807) is 12.1 Å². The molecule has 1 aromatic carbocycles. The molecule has 0 saturated heterocycles. The van der Waals surface area contributed by atoms with Crippen molar-refractivity contribution in [2.24, 2.45) is 16.5 Å². The topological polar surface area (TPSA) is 84.6 Å². The lowest BCUT2D eigenvalue weighted by Gasteiger charge is -1.98. The van der Waals surface area contributed by atoms with Gasteiger partial charge >= 0.3 is 0 Å². The van der Waals surface area contributed by atoms with Crippen molar-refractivity contribution < 1.29 is 5.11 Å². The molecular formula is C9H13N3O. The van der Waals surface area contributed by atoms with Gasteiger partial charge in [-0.05, 0) is 24.1 Å². The standard InChI is InChI=1S/C9H13N3O/c10-9(11)12-6-5-7-1-3-8(13)4-2-7/h1-4,13H,5-6H2,(H4,10,11,12)/i9-1. The second-order valence-corrected chi connectivity index (χ2v) is 2.72. The highest BCUT2D eigenvalue weighted by Gasteiger charge is 1.92. The number of guanidine groups is 1. The molecule has 70 valence electrons. The van der Waals surface area contributed by atoms with E-state index < -0.39 is 0 Å². The zero-order valence-electron chi connectivity index (χ0n) is 7.27. The van der Waals surface area contributed by atoms with E-state index in [1.807, 2.05) is 12.1 Å². The third-order valence-corrected chi connectivity index (χ3v) is 1.63. The van der Waals surface area contributed by atoms with Crippen LogP contribution in [-0.2, 0) is 6.42 Å². The van der Waals surface area contributed by atoms with E-state index in [9.17, 15) is 0 Å². The molecule has 0 atom stereocenters. The Hall–Kier alpha value is -1.71. The van der Waals surface area contributed by atoms with Crippen LogP contribution in [0.15, 0.2) is 29.3 Å². The van der Waals surface area contributed by atoms with E-state index in [0.29, 0.717) is 6.54 Å². The van der Waals surface area contributed by atoms with Crippen molar-refractivity contribution in [2.45, 2.75) is 6.42 Å². The second kappa shape index (κ2) is 4.35. The first-order chi connectivity index (χ1) is 6.18. The van der Waals surface area contributed by atoms with Crippen molar-refractivity contribution in [1.29, 1.82) is 0 Å². The number of nitrogens with zero attached hydrogens (tertiary/aromatic N) is 1. The van der Waals surface area contributed by atoms with Crippen LogP contribution in [0.1, 0.15) is 5.56 Å². The molecule has 0 unspecified atom stereocenters. The van der Waals surface area contributed by atoms with Crippen LogP contribution < -0.4 is 11.5 Å². The normalized spacial score (nSPS) is 9.54. The Balaban J connectivity index is 2.46. The molecular weight excluding hydrogens is 165 g/mol. The predicted octanol–water partition coefficient (Wildman–Crippen LogP) is 0.208. The molecule has 4 heteroatoms. The number of aliphatic imine (C=N–C) groups is 1. The van der Waals surface area contributed by atoms with Crippen molar-refractivity contribution >= 4 is 5.96 Å². The monoisotopic (exact) mass is 178 g/mol. The molecule has 4 nitrogen and oxygen atoms in total.